The molecule has 28 heavy (non-hydrogen) atoms. The van der Waals surface area contributed by atoms with E-state index in [2.05, 4.69) is 9.71 Å². The Bertz CT molecular complexity index is 922. The predicted octanol–water partition coefficient (Wildman–Crippen LogP) is 2.63. The van der Waals surface area contributed by atoms with Crippen LogP contribution in [0.15, 0.2) is 47.5 Å². The first kappa shape index (κ1) is 19.3. The van der Waals surface area contributed by atoms with Gasteiger partial charge in [0.1, 0.15) is 12.1 Å². The average molecular weight is 413 g/mol. The first-order valence-electron chi connectivity index (χ1n) is 8.67. The summed E-state index contributed by atoms with van der Waals surface area (Å²) in [5, 5.41) is 0. The molecule has 2 atom stereocenters. The van der Waals surface area contributed by atoms with E-state index in [0.29, 0.717) is 26.1 Å². The van der Waals surface area contributed by atoms with Crippen molar-refractivity contribution in [2.24, 2.45) is 0 Å². The second kappa shape index (κ2) is 6.80. The van der Waals surface area contributed by atoms with Crippen molar-refractivity contribution in [2.45, 2.75) is 29.6 Å². The molecule has 10 heteroatoms. The number of rotatable bonds is 2. The molecule has 1 aromatic heterocycles. The van der Waals surface area contributed by atoms with Crippen LogP contribution in [0, 0.1) is 0 Å². The molecule has 1 saturated heterocycles. The Morgan fingerprint density at radius 1 is 1.29 bits per heavy atom. The van der Waals surface area contributed by atoms with Gasteiger partial charge in [-0.2, -0.15) is 13.2 Å². The number of likely N-dealkylation sites (tertiary alicyclic amines) is 1. The number of hydrogen-bond acceptors (Lipinski definition) is 5. The van der Waals surface area contributed by atoms with Crippen LogP contribution in [-0.4, -0.2) is 39.7 Å². The maximum absolute atomic E-state index is 12.7. The molecule has 1 fully saturated rings. The van der Waals surface area contributed by atoms with E-state index in [1.165, 1.54) is 30.5 Å². The summed E-state index contributed by atoms with van der Waals surface area (Å²) in [6.07, 6.45) is -2.37. The SMILES string of the molecule is O=[S+]1([O-])NC2(CCN(Cc3ccc(C(F)(F)F)cc3)C2)COc2ncccc21. The molecule has 2 aliphatic heterocycles. The molecule has 3 heterocycles. The van der Waals surface area contributed by atoms with Crippen molar-refractivity contribution in [2.75, 3.05) is 19.7 Å². The molecule has 0 aliphatic carbocycles. The lowest BCUT2D eigenvalue weighted by Crippen LogP contribution is -2.54. The number of benzene rings is 1. The minimum Gasteiger partial charge on any atom is -0.593 e. The van der Waals surface area contributed by atoms with Gasteiger partial charge in [-0.15, -0.1) is 4.72 Å². The number of alkyl halides is 3. The fraction of sp³-hybridized carbons (Fsp3) is 0.389. The molecule has 150 valence electrons. The summed E-state index contributed by atoms with van der Waals surface area (Å²) in [6, 6.07) is 7.98. The van der Waals surface area contributed by atoms with Gasteiger partial charge < -0.3 is 9.29 Å². The molecule has 0 saturated carbocycles. The molecule has 6 nitrogen and oxygen atoms in total. The summed E-state index contributed by atoms with van der Waals surface area (Å²) in [5.41, 5.74) is -0.762. The second-order valence-corrected chi connectivity index (χ2v) is 8.79. The van der Waals surface area contributed by atoms with Gasteiger partial charge >= 0.3 is 6.18 Å². The molecule has 0 radical (unpaired) electrons. The van der Waals surface area contributed by atoms with E-state index in [1.54, 1.807) is 0 Å². The zero-order valence-corrected chi connectivity index (χ0v) is 15.6. The minimum absolute atomic E-state index is 0.00747. The predicted molar refractivity (Wildman–Crippen MR) is 94.0 cm³/mol. The minimum atomic E-state index is -4.37. The summed E-state index contributed by atoms with van der Waals surface area (Å²) < 4.78 is 71.9. The number of aromatic nitrogens is 1. The summed E-state index contributed by atoms with van der Waals surface area (Å²) in [5.74, 6) is 0.0769. The van der Waals surface area contributed by atoms with Crippen molar-refractivity contribution in [3.05, 3.63) is 53.7 Å². The zero-order chi connectivity index (χ0) is 20.0. The quantitative estimate of drug-likeness (QED) is 0.766. The number of ether oxygens (including phenoxy) is 1. The Balaban J connectivity index is 1.47. The van der Waals surface area contributed by atoms with Crippen LogP contribution in [0.1, 0.15) is 17.5 Å². The van der Waals surface area contributed by atoms with Crippen LogP contribution in [0.4, 0.5) is 13.2 Å². The molecule has 2 aromatic rings. The molecule has 1 aromatic carbocycles. The van der Waals surface area contributed by atoms with Crippen molar-refractivity contribution in [1.82, 2.24) is 14.6 Å². The summed E-state index contributed by atoms with van der Waals surface area (Å²) in [4.78, 5) is 6.00. The zero-order valence-electron chi connectivity index (χ0n) is 14.7. The number of fused-ring (bicyclic) bond motifs is 1. The maximum Gasteiger partial charge on any atom is 0.416 e. The lowest BCUT2D eigenvalue weighted by Gasteiger charge is -2.28. The number of halogens is 3. The molecular weight excluding hydrogens is 395 g/mol. The third kappa shape index (κ3) is 3.77. The number of nitrogens with one attached hydrogen (secondary N) is 1. The molecule has 1 N–H and O–H groups in total. The summed E-state index contributed by atoms with van der Waals surface area (Å²) in [6.45, 7) is 1.55. The Morgan fingerprint density at radius 2 is 2.04 bits per heavy atom. The normalized spacial score (nSPS) is 28.0. The largest absolute Gasteiger partial charge is 0.593 e. The summed E-state index contributed by atoms with van der Waals surface area (Å²) in [7, 11) is -3.78. The molecular formula is C18H18F3N3O3S. The van der Waals surface area contributed by atoms with Gasteiger partial charge in [0.2, 0.25) is 4.90 Å². The molecule has 0 amide bonds. The van der Waals surface area contributed by atoms with Gasteiger partial charge in [-0.3, -0.25) is 4.90 Å². The van der Waals surface area contributed by atoms with Gasteiger partial charge in [-0.1, -0.05) is 16.3 Å². The number of sulfonamides is 1. The second-order valence-electron chi connectivity index (χ2n) is 7.14. The third-order valence-corrected chi connectivity index (χ3v) is 6.57. The highest BCUT2D eigenvalue weighted by atomic mass is 32.3. The fourth-order valence-electron chi connectivity index (χ4n) is 3.62. The van der Waals surface area contributed by atoms with E-state index in [-0.39, 0.29) is 17.4 Å². The topological polar surface area (TPSA) is 77.5 Å². The third-order valence-electron chi connectivity index (χ3n) is 4.98. The van der Waals surface area contributed by atoms with Gasteiger partial charge in [0.25, 0.3) is 5.88 Å². The monoisotopic (exact) mass is 413 g/mol. The van der Waals surface area contributed by atoms with E-state index in [0.717, 1.165) is 17.7 Å². The Kier molecular flexibility index (Phi) is 4.69. The highest BCUT2D eigenvalue weighted by Crippen LogP contribution is 2.34. The molecule has 2 aliphatic rings. The lowest BCUT2D eigenvalue weighted by atomic mass is 10.0. The van der Waals surface area contributed by atoms with E-state index < -0.39 is 27.7 Å². The van der Waals surface area contributed by atoms with E-state index in [9.17, 15) is 21.9 Å². The highest BCUT2D eigenvalue weighted by Gasteiger charge is 2.48. The van der Waals surface area contributed by atoms with Gasteiger partial charge in [-0.05, 0) is 30.2 Å². The van der Waals surface area contributed by atoms with Crippen LogP contribution < -0.4 is 9.46 Å². The average Bonchev–Trinajstić information content (AvgIpc) is 2.97. The van der Waals surface area contributed by atoms with E-state index in [4.69, 9.17) is 4.74 Å². The Labute approximate surface area is 161 Å². The van der Waals surface area contributed by atoms with Crippen molar-refractivity contribution in [3.63, 3.8) is 0 Å². The van der Waals surface area contributed by atoms with Gasteiger partial charge in [0.15, 0.2) is 10.4 Å². The first-order chi connectivity index (χ1) is 13.2. The van der Waals surface area contributed by atoms with Crippen molar-refractivity contribution < 1.29 is 26.7 Å². The lowest BCUT2D eigenvalue weighted by molar-refractivity contribution is -0.137. The van der Waals surface area contributed by atoms with Crippen molar-refractivity contribution in [1.29, 1.82) is 0 Å². The van der Waals surface area contributed by atoms with Crippen LogP contribution in [0.2, 0.25) is 0 Å². The Morgan fingerprint density at radius 3 is 2.75 bits per heavy atom. The molecule has 0 bridgehead atoms. The highest BCUT2D eigenvalue weighted by molar-refractivity contribution is 7.96. The summed E-state index contributed by atoms with van der Waals surface area (Å²) >= 11 is 0. The smallest absolute Gasteiger partial charge is 0.416 e. The van der Waals surface area contributed by atoms with Crippen LogP contribution >= 0.6 is 0 Å². The molecule has 1 spiro atoms. The van der Waals surface area contributed by atoms with Crippen LogP contribution in [0.5, 0.6) is 5.88 Å². The first-order valence-corrected chi connectivity index (χ1v) is 10.2. The van der Waals surface area contributed by atoms with Crippen molar-refractivity contribution in [3.8, 4) is 5.88 Å². The molecule has 4 rings (SSSR count). The van der Waals surface area contributed by atoms with Crippen molar-refractivity contribution >= 4 is 10.4 Å². The maximum atomic E-state index is 12.7. The van der Waals surface area contributed by atoms with Crippen LogP contribution in [-0.2, 0) is 27.3 Å². The standard InChI is InChI=1S/C18H18F3N3O3S/c19-18(20,21)14-5-3-13(4-6-14)10-24-9-7-17(11-24)12-27-16-15(2-1-8-22-16)28(25,26)23-17/h1-6,8H,7,9-12H2,(H-,23,25,26). The van der Waals surface area contributed by atoms with Crippen LogP contribution in [0.3, 0.4) is 0 Å². The van der Waals surface area contributed by atoms with E-state index in [1.807, 2.05) is 4.90 Å². The van der Waals surface area contributed by atoms with E-state index >= 15 is 0 Å². The fourth-order valence-corrected chi connectivity index (χ4v) is 5.12. The number of hydrogen-bond donors (Lipinski definition) is 1. The van der Waals surface area contributed by atoms with Gasteiger partial charge in [0.05, 0.1) is 5.56 Å². The van der Waals surface area contributed by atoms with Crippen LogP contribution in [0.25, 0.3) is 0 Å². The van der Waals surface area contributed by atoms with Gasteiger partial charge in [0, 0.05) is 31.9 Å². The molecule has 2 unspecified atom stereocenters. The number of nitrogens with zero attached hydrogens (tertiary/aromatic N) is 2. The van der Waals surface area contributed by atoms with Gasteiger partial charge in [-0.25, -0.2) is 4.98 Å². The number of pyridine rings is 1. The Hall–Kier alpha value is -2.01.